The molecule has 0 saturated heterocycles. The van der Waals surface area contributed by atoms with Crippen molar-refractivity contribution >= 4 is 96.1 Å². The summed E-state index contributed by atoms with van der Waals surface area (Å²) in [5, 5.41) is 4.59. The molecule has 0 amide bonds. The van der Waals surface area contributed by atoms with Crippen molar-refractivity contribution in [3.8, 4) is 0 Å². The number of thiophene rings is 2. The predicted octanol–water partition coefficient (Wildman–Crippen LogP) is 12.5. The Morgan fingerprint density at radius 2 is 1.40 bits per heavy atom. The van der Waals surface area contributed by atoms with Gasteiger partial charge in [0.1, 0.15) is 0 Å². The van der Waals surface area contributed by atoms with Crippen molar-refractivity contribution in [3.63, 3.8) is 0 Å². The zero-order chi connectivity index (χ0) is 29.0. The standard InChI is InChI=1S/C35H29NS3.CH3.2ClH.Cr/c1-19-18-26-32(30-20(2)37-27-15-6-4-12-23(27)30)35(31-21(3)38-28-16-7-5-13-24(28)31)39-34(26)29(19)25-14-8-10-22-11-9-17-36-33(22)25;;;;/h4-17,19,26,29,34H,18H2,1-3H3;1H3;2*1H;/q;-1;;;+2/p-2. The van der Waals surface area contributed by atoms with Crippen LogP contribution in [0.3, 0.4) is 0 Å². The molecule has 220 valence electrons. The van der Waals surface area contributed by atoms with E-state index in [4.69, 9.17) is 25.1 Å². The summed E-state index contributed by atoms with van der Waals surface area (Å²) in [5.74, 6) is 1.60. The minimum absolute atomic E-state index is 0. The van der Waals surface area contributed by atoms with Crippen LogP contribution in [0.1, 0.15) is 45.7 Å². The molecule has 1 aliphatic carbocycles. The third-order valence-electron chi connectivity index (χ3n) is 8.92. The Hall–Kier alpha value is -1.81. The number of para-hydroxylation sites is 1. The van der Waals surface area contributed by atoms with Crippen molar-refractivity contribution in [1.29, 1.82) is 0 Å². The molecule has 7 heteroatoms. The quantitative estimate of drug-likeness (QED) is 0.171. The average Bonchev–Trinajstić information content (AvgIpc) is 3.70. The van der Waals surface area contributed by atoms with Gasteiger partial charge in [-0.25, -0.2) is 0 Å². The van der Waals surface area contributed by atoms with Crippen LogP contribution in [0.15, 0.2) is 85.1 Å². The number of halogens is 2. The molecule has 2 aliphatic rings. The first-order valence-electron chi connectivity index (χ1n) is 14.1. The molecule has 1 fully saturated rings. The van der Waals surface area contributed by atoms with Gasteiger partial charge in [-0.05, 0) is 61.4 Å². The van der Waals surface area contributed by atoms with Gasteiger partial charge < -0.3 is 7.43 Å². The van der Waals surface area contributed by atoms with Gasteiger partial charge in [0.05, 0.1) is 5.52 Å². The van der Waals surface area contributed by atoms with E-state index in [1.54, 1.807) is 5.57 Å². The second-order valence-electron chi connectivity index (χ2n) is 11.2. The Bertz CT molecular complexity index is 1970. The summed E-state index contributed by atoms with van der Waals surface area (Å²) in [5.41, 5.74) is 7.20. The van der Waals surface area contributed by atoms with Crippen LogP contribution in [0.25, 0.3) is 41.6 Å². The first-order valence-corrected chi connectivity index (χ1v) is 20.1. The Labute approximate surface area is 281 Å². The number of hydrogen-bond donors (Lipinski definition) is 0. The van der Waals surface area contributed by atoms with Crippen LogP contribution in [-0.2, 0) is 13.4 Å². The summed E-state index contributed by atoms with van der Waals surface area (Å²) in [6.45, 7) is 7.14. The van der Waals surface area contributed by atoms with Gasteiger partial charge >= 0.3 is 33.5 Å². The molecule has 0 spiro atoms. The van der Waals surface area contributed by atoms with Gasteiger partial charge in [-0.15, -0.1) is 34.4 Å². The number of benzene rings is 3. The van der Waals surface area contributed by atoms with Gasteiger partial charge in [0.15, 0.2) is 0 Å². The molecule has 43 heavy (non-hydrogen) atoms. The Morgan fingerprint density at radius 1 is 0.791 bits per heavy atom. The molecule has 4 atom stereocenters. The first-order chi connectivity index (χ1) is 20.5. The van der Waals surface area contributed by atoms with Crippen molar-refractivity contribution in [2.45, 2.75) is 38.4 Å². The molecule has 3 aromatic heterocycles. The Kier molecular flexibility index (Phi) is 9.35. The maximum atomic E-state index is 4.90. The average molecular weight is 698 g/mol. The van der Waals surface area contributed by atoms with Crippen molar-refractivity contribution in [2.75, 3.05) is 0 Å². The van der Waals surface area contributed by atoms with Gasteiger partial charge in [0.2, 0.25) is 0 Å². The zero-order valence-electron chi connectivity index (χ0n) is 24.4. The number of allylic oxidation sites excluding steroid dienone is 1. The number of aromatic nitrogens is 1. The second kappa shape index (κ2) is 12.9. The third kappa shape index (κ3) is 5.30. The molecule has 0 radical (unpaired) electrons. The number of pyridine rings is 1. The maximum absolute atomic E-state index is 4.90. The molecule has 1 nitrogen and oxygen atoms in total. The zero-order valence-corrected chi connectivity index (χ0v) is 29.7. The van der Waals surface area contributed by atoms with Crippen LogP contribution in [0.5, 0.6) is 0 Å². The molecular formula is C36H32Cl2CrNS3-. The van der Waals surface area contributed by atoms with E-state index in [2.05, 4.69) is 111 Å². The van der Waals surface area contributed by atoms with Crippen molar-refractivity contribution < 1.29 is 13.4 Å². The van der Waals surface area contributed by atoms with E-state index >= 15 is 0 Å². The Balaban J connectivity index is 0.000000792. The molecule has 6 aromatic rings. The summed E-state index contributed by atoms with van der Waals surface area (Å²) < 4.78 is 2.79. The van der Waals surface area contributed by atoms with Crippen LogP contribution in [0.2, 0.25) is 0 Å². The molecular weight excluding hydrogens is 666 g/mol. The number of fused-ring (bicyclic) bond motifs is 4. The summed E-state index contributed by atoms with van der Waals surface area (Å²) in [7, 11) is 9.65. The van der Waals surface area contributed by atoms with E-state index in [0.717, 1.165) is 0 Å². The number of aryl methyl sites for hydroxylation is 2. The normalized spacial score (nSPS) is 21.2. The van der Waals surface area contributed by atoms with Gasteiger partial charge in [-0.3, -0.25) is 4.98 Å². The molecule has 4 unspecified atom stereocenters. The number of rotatable bonds is 3. The predicted molar refractivity (Wildman–Crippen MR) is 191 cm³/mol. The Morgan fingerprint density at radius 3 is 2.09 bits per heavy atom. The molecule has 0 bridgehead atoms. The first kappa shape index (κ1) is 31.2. The molecule has 1 aliphatic heterocycles. The summed E-state index contributed by atoms with van der Waals surface area (Å²) in [6, 6.07) is 29.1. The van der Waals surface area contributed by atoms with Crippen molar-refractivity contribution in [1.82, 2.24) is 4.98 Å². The van der Waals surface area contributed by atoms with Crippen LogP contribution < -0.4 is 0 Å². The fourth-order valence-corrected chi connectivity index (χ4v) is 11.6. The summed E-state index contributed by atoms with van der Waals surface area (Å²) >= 11 is 5.89. The van der Waals surface area contributed by atoms with Crippen LogP contribution >= 0.6 is 54.5 Å². The molecule has 1 saturated carbocycles. The van der Waals surface area contributed by atoms with E-state index in [0.29, 0.717) is 23.0 Å². The molecule has 0 N–H and O–H groups in total. The van der Waals surface area contributed by atoms with Crippen molar-refractivity contribution in [3.05, 3.63) is 119 Å². The minimum atomic E-state index is -0.181. The van der Waals surface area contributed by atoms with Gasteiger partial charge in [-0.2, -0.15) is 0 Å². The second-order valence-corrected chi connectivity index (χ2v) is 17.0. The molecule has 3 aromatic carbocycles. The van der Waals surface area contributed by atoms with Crippen LogP contribution in [-0.4, -0.2) is 10.2 Å². The molecule has 4 heterocycles. The van der Waals surface area contributed by atoms with Gasteiger partial charge in [0, 0.05) is 68.7 Å². The van der Waals surface area contributed by atoms with Crippen LogP contribution in [0, 0.1) is 33.1 Å². The van der Waals surface area contributed by atoms with Gasteiger partial charge in [-0.1, -0.05) is 67.6 Å². The third-order valence-corrected chi connectivity index (χ3v) is 12.6. The van der Waals surface area contributed by atoms with E-state index in [1.807, 2.05) is 28.9 Å². The van der Waals surface area contributed by atoms with E-state index in [1.165, 1.54) is 68.8 Å². The fourth-order valence-electron chi connectivity index (χ4n) is 7.39. The molecule has 8 rings (SSSR count). The van der Waals surface area contributed by atoms with Gasteiger partial charge in [0.25, 0.3) is 0 Å². The van der Waals surface area contributed by atoms with Crippen molar-refractivity contribution in [2.24, 2.45) is 11.8 Å². The number of hydrogen-bond acceptors (Lipinski definition) is 4. The summed E-state index contributed by atoms with van der Waals surface area (Å²) in [4.78, 5) is 9.31. The monoisotopic (exact) mass is 696 g/mol. The summed E-state index contributed by atoms with van der Waals surface area (Å²) in [6.07, 6.45) is 3.18. The fraction of sp³-hybridized carbons (Fsp3) is 0.222. The van der Waals surface area contributed by atoms with E-state index in [-0.39, 0.29) is 20.8 Å². The van der Waals surface area contributed by atoms with E-state index < -0.39 is 0 Å². The SMILES string of the molecule is Cc1sc2ccccc2c1C1=C(c2c(C)sc3ccccc23)C2CC(C)C(c3cccc4cccnc34)C2S1.[CH3-].[Cl][Cr][Cl]. The van der Waals surface area contributed by atoms with E-state index in [9.17, 15) is 0 Å². The van der Waals surface area contributed by atoms with Crippen LogP contribution in [0.4, 0.5) is 0 Å². The number of thioether (sulfide) groups is 1. The topological polar surface area (TPSA) is 12.9 Å². The number of nitrogens with zero attached hydrogens (tertiary/aromatic N) is 1.